The van der Waals surface area contributed by atoms with Gasteiger partial charge in [-0.1, -0.05) is 35.2 Å². The Kier molecular flexibility index (Phi) is 4.16. The highest BCUT2D eigenvalue weighted by atomic mass is 32.2. The van der Waals surface area contributed by atoms with Crippen LogP contribution in [0.4, 0.5) is 0 Å². The van der Waals surface area contributed by atoms with Crippen molar-refractivity contribution in [2.45, 2.75) is 4.34 Å². The summed E-state index contributed by atoms with van der Waals surface area (Å²) in [5.41, 5.74) is 0.861. The first kappa shape index (κ1) is 12.8. The zero-order valence-electron chi connectivity index (χ0n) is 9.49. The molecular weight excluding hydrogens is 272 g/mol. The van der Waals surface area contributed by atoms with Gasteiger partial charge in [-0.15, -0.1) is 10.2 Å². The maximum absolute atomic E-state index is 10.5. The molecule has 0 atom stereocenters. The number of benzene rings is 1. The summed E-state index contributed by atoms with van der Waals surface area (Å²) in [5, 5.41) is 17.3. The van der Waals surface area contributed by atoms with Crippen LogP contribution in [0, 0.1) is 0 Å². The molecule has 1 aromatic heterocycles. The monoisotopic (exact) mass is 282 g/mol. The molecule has 0 bridgehead atoms. The van der Waals surface area contributed by atoms with Crippen molar-refractivity contribution in [1.29, 1.82) is 0 Å². The molecule has 7 heteroatoms. The topological polar surface area (TPSA) is 72.3 Å². The van der Waals surface area contributed by atoms with Crippen molar-refractivity contribution in [3.63, 3.8) is 0 Å². The number of methoxy groups -OCH3 is 1. The number of aromatic nitrogens is 2. The molecule has 1 aromatic carbocycles. The van der Waals surface area contributed by atoms with Crippen LogP contribution in [0.2, 0.25) is 0 Å². The zero-order valence-corrected chi connectivity index (χ0v) is 11.1. The van der Waals surface area contributed by atoms with Crippen molar-refractivity contribution in [3.8, 4) is 16.3 Å². The predicted molar refractivity (Wildman–Crippen MR) is 70.3 cm³/mol. The molecular formula is C11H10N2O3S2. The largest absolute Gasteiger partial charge is 0.496 e. The van der Waals surface area contributed by atoms with E-state index in [2.05, 4.69) is 10.2 Å². The highest BCUT2D eigenvalue weighted by Crippen LogP contribution is 2.34. The minimum atomic E-state index is -0.867. The first-order valence-corrected chi connectivity index (χ1v) is 6.82. The summed E-state index contributed by atoms with van der Waals surface area (Å²) >= 11 is 2.52. The summed E-state index contributed by atoms with van der Waals surface area (Å²) in [5.74, 6) is -0.155. The number of aliphatic carboxylic acids is 1. The third kappa shape index (κ3) is 2.99. The minimum Gasteiger partial charge on any atom is -0.496 e. The van der Waals surface area contributed by atoms with Crippen molar-refractivity contribution in [2.24, 2.45) is 0 Å². The second-order valence-corrected chi connectivity index (χ2v) is 5.46. The Morgan fingerprint density at radius 3 is 2.94 bits per heavy atom. The molecule has 5 nitrogen and oxygen atoms in total. The molecule has 94 valence electrons. The second kappa shape index (κ2) is 5.83. The Morgan fingerprint density at radius 2 is 2.22 bits per heavy atom. The number of para-hydroxylation sites is 1. The van der Waals surface area contributed by atoms with Gasteiger partial charge in [0.2, 0.25) is 0 Å². The average Bonchev–Trinajstić information content (AvgIpc) is 2.85. The van der Waals surface area contributed by atoms with E-state index >= 15 is 0 Å². The van der Waals surface area contributed by atoms with Crippen molar-refractivity contribution in [2.75, 3.05) is 12.9 Å². The summed E-state index contributed by atoms with van der Waals surface area (Å²) in [6.07, 6.45) is 0. The lowest BCUT2D eigenvalue weighted by molar-refractivity contribution is -0.133. The van der Waals surface area contributed by atoms with Gasteiger partial charge in [0.15, 0.2) is 9.35 Å². The Morgan fingerprint density at radius 1 is 1.44 bits per heavy atom. The van der Waals surface area contributed by atoms with Gasteiger partial charge in [0.25, 0.3) is 0 Å². The van der Waals surface area contributed by atoms with Crippen LogP contribution in [-0.2, 0) is 4.79 Å². The van der Waals surface area contributed by atoms with Gasteiger partial charge in [-0.3, -0.25) is 4.79 Å². The van der Waals surface area contributed by atoms with E-state index < -0.39 is 5.97 Å². The van der Waals surface area contributed by atoms with E-state index in [-0.39, 0.29) is 5.75 Å². The van der Waals surface area contributed by atoms with Crippen LogP contribution in [0.3, 0.4) is 0 Å². The molecule has 2 rings (SSSR count). The zero-order chi connectivity index (χ0) is 13.0. The molecule has 1 N–H and O–H groups in total. The number of hydrogen-bond acceptors (Lipinski definition) is 6. The van der Waals surface area contributed by atoms with E-state index in [0.717, 1.165) is 28.1 Å². The lowest BCUT2D eigenvalue weighted by Gasteiger charge is -2.03. The number of nitrogens with zero attached hydrogens (tertiary/aromatic N) is 2. The minimum absolute atomic E-state index is 0.0133. The van der Waals surface area contributed by atoms with Gasteiger partial charge < -0.3 is 9.84 Å². The molecule has 0 aliphatic heterocycles. The van der Waals surface area contributed by atoms with Crippen LogP contribution in [0.25, 0.3) is 10.6 Å². The summed E-state index contributed by atoms with van der Waals surface area (Å²) < 4.78 is 5.88. The van der Waals surface area contributed by atoms with Crippen LogP contribution in [0.15, 0.2) is 28.6 Å². The second-order valence-electron chi connectivity index (χ2n) is 3.26. The van der Waals surface area contributed by atoms with Gasteiger partial charge in [-0.2, -0.15) is 0 Å². The first-order chi connectivity index (χ1) is 8.70. The van der Waals surface area contributed by atoms with Crippen LogP contribution in [-0.4, -0.2) is 34.1 Å². The van der Waals surface area contributed by atoms with Crippen LogP contribution in [0.5, 0.6) is 5.75 Å². The Hall–Kier alpha value is -1.60. The summed E-state index contributed by atoms with van der Waals surface area (Å²) in [6.45, 7) is 0. The number of carbonyl (C=O) groups is 1. The number of ether oxygens (including phenoxy) is 1. The van der Waals surface area contributed by atoms with Gasteiger partial charge >= 0.3 is 5.97 Å². The Bertz CT molecular complexity index is 557. The number of hydrogen-bond donors (Lipinski definition) is 1. The van der Waals surface area contributed by atoms with E-state index in [1.807, 2.05) is 24.3 Å². The molecule has 2 aromatic rings. The molecule has 0 radical (unpaired) electrons. The lowest BCUT2D eigenvalue weighted by Crippen LogP contribution is -1.96. The standard InChI is InChI=1S/C11H10N2O3S2/c1-16-8-5-3-2-4-7(8)10-12-13-11(18-10)17-6-9(14)15/h2-5H,6H2,1H3,(H,14,15). The van der Waals surface area contributed by atoms with E-state index in [1.54, 1.807) is 7.11 Å². The Labute approximate surface area is 112 Å². The molecule has 0 fully saturated rings. The van der Waals surface area contributed by atoms with Crippen molar-refractivity contribution in [1.82, 2.24) is 10.2 Å². The van der Waals surface area contributed by atoms with E-state index in [0.29, 0.717) is 4.34 Å². The van der Waals surface area contributed by atoms with Crippen molar-refractivity contribution in [3.05, 3.63) is 24.3 Å². The van der Waals surface area contributed by atoms with Crippen molar-refractivity contribution < 1.29 is 14.6 Å². The SMILES string of the molecule is COc1ccccc1-c1nnc(SCC(=O)O)s1. The Balaban J connectivity index is 2.21. The van der Waals surface area contributed by atoms with E-state index in [4.69, 9.17) is 9.84 Å². The van der Waals surface area contributed by atoms with Gasteiger partial charge in [0.1, 0.15) is 5.75 Å². The molecule has 1 heterocycles. The smallest absolute Gasteiger partial charge is 0.313 e. The van der Waals surface area contributed by atoms with Crippen LogP contribution in [0.1, 0.15) is 0 Å². The fourth-order valence-corrected chi connectivity index (χ4v) is 2.92. The van der Waals surface area contributed by atoms with Gasteiger partial charge in [-0.05, 0) is 12.1 Å². The van der Waals surface area contributed by atoms with Crippen LogP contribution >= 0.6 is 23.1 Å². The molecule has 0 unspecified atom stereocenters. The number of carboxylic acid groups (broad SMARTS) is 1. The molecule has 0 aliphatic rings. The number of thioether (sulfide) groups is 1. The van der Waals surface area contributed by atoms with E-state index in [1.165, 1.54) is 11.3 Å². The highest BCUT2D eigenvalue weighted by molar-refractivity contribution is 8.01. The third-order valence-corrected chi connectivity index (χ3v) is 4.14. The maximum Gasteiger partial charge on any atom is 0.313 e. The molecule has 0 saturated carbocycles. The van der Waals surface area contributed by atoms with Gasteiger partial charge in [-0.25, -0.2) is 0 Å². The quantitative estimate of drug-likeness (QED) is 0.849. The lowest BCUT2D eigenvalue weighted by atomic mass is 10.2. The number of rotatable bonds is 5. The van der Waals surface area contributed by atoms with Crippen LogP contribution < -0.4 is 4.74 Å². The molecule has 0 aliphatic carbocycles. The first-order valence-electron chi connectivity index (χ1n) is 5.02. The fourth-order valence-electron chi connectivity index (χ4n) is 1.32. The maximum atomic E-state index is 10.5. The van der Waals surface area contributed by atoms with Crippen molar-refractivity contribution >= 4 is 29.1 Å². The molecule has 0 amide bonds. The number of carboxylic acids is 1. The van der Waals surface area contributed by atoms with E-state index in [9.17, 15) is 4.79 Å². The normalized spacial score (nSPS) is 10.3. The van der Waals surface area contributed by atoms with Gasteiger partial charge in [0.05, 0.1) is 18.4 Å². The van der Waals surface area contributed by atoms with Gasteiger partial charge in [0, 0.05) is 0 Å². The third-order valence-electron chi connectivity index (χ3n) is 2.06. The molecule has 0 saturated heterocycles. The summed E-state index contributed by atoms with van der Waals surface area (Å²) in [6, 6.07) is 7.51. The molecule has 0 spiro atoms. The average molecular weight is 282 g/mol. The molecule has 18 heavy (non-hydrogen) atoms. The highest BCUT2D eigenvalue weighted by Gasteiger charge is 2.12. The summed E-state index contributed by atoms with van der Waals surface area (Å²) in [7, 11) is 1.60. The summed E-state index contributed by atoms with van der Waals surface area (Å²) in [4.78, 5) is 10.5. The predicted octanol–water partition coefficient (Wildman–Crippen LogP) is 2.39. The fraction of sp³-hybridized carbons (Fsp3) is 0.182.